The zero-order valence-corrected chi connectivity index (χ0v) is 17.6. The highest BCUT2D eigenvalue weighted by atomic mass is 127. The monoisotopic (exact) mass is 491 g/mol. The Kier molecular flexibility index (Phi) is 8.11. The molecule has 9 heteroatoms. The van der Waals surface area contributed by atoms with Crippen LogP contribution in [0.1, 0.15) is 25.7 Å². The number of benzene rings is 1. The topological polar surface area (TPSA) is 86.8 Å². The molecular formula is C17H23ClIN5O2. The molecule has 3 rings (SSSR count). The molecule has 0 saturated carbocycles. The molecule has 1 aliphatic rings. The third-order valence-electron chi connectivity index (χ3n) is 4.03. The summed E-state index contributed by atoms with van der Waals surface area (Å²) in [5.74, 6) is 1.78. The van der Waals surface area contributed by atoms with Crippen LogP contribution in [0.15, 0.2) is 33.8 Å². The van der Waals surface area contributed by atoms with Crippen molar-refractivity contribution in [3.05, 3.63) is 35.2 Å². The highest BCUT2D eigenvalue weighted by Crippen LogP contribution is 2.19. The van der Waals surface area contributed by atoms with E-state index in [9.17, 15) is 5.11 Å². The van der Waals surface area contributed by atoms with Gasteiger partial charge in [0.1, 0.15) is 6.54 Å². The van der Waals surface area contributed by atoms with Gasteiger partial charge < -0.3 is 19.8 Å². The van der Waals surface area contributed by atoms with Gasteiger partial charge in [0, 0.05) is 30.2 Å². The molecule has 0 radical (unpaired) electrons. The van der Waals surface area contributed by atoms with E-state index in [-0.39, 0.29) is 30.1 Å². The molecule has 0 atom stereocenters. The summed E-state index contributed by atoms with van der Waals surface area (Å²) < 4.78 is 5.29. The normalized spacial score (nSPS) is 15.7. The Labute approximate surface area is 174 Å². The predicted octanol–water partition coefficient (Wildman–Crippen LogP) is 2.93. The summed E-state index contributed by atoms with van der Waals surface area (Å²) in [6, 6.07) is 7.28. The average molecular weight is 492 g/mol. The lowest BCUT2D eigenvalue weighted by atomic mass is 10.1. The van der Waals surface area contributed by atoms with Crippen LogP contribution in [0.5, 0.6) is 0 Å². The van der Waals surface area contributed by atoms with Crippen LogP contribution in [-0.2, 0) is 6.54 Å². The molecule has 2 aromatic rings. The SMILES string of the molecule is CCNC(=NCc1nc(-c2ccc(Cl)cc2)no1)N1CCC(O)CC1.I. The minimum Gasteiger partial charge on any atom is -0.393 e. The molecule has 1 fully saturated rings. The average Bonchev–Trinajstić information content (AvgIpc) is 3.09. The molecule has 1 saturated heterocycles. The molecule has 1 aromatic heterocycles. The Hall–Kier alpha value is -1.39. The van der Waals surface area contributed by atoms with Gasteiger partial charge in [0.2, 0.25) is 11.7 Å². The molecule has 26 heavy (non-hydrogen) atoms. The van der Waals surface area contributed by atoms with Gasteiger partial charge in [-0.3, -0.25) is 0 Å². The van der Waals surface area contributed by atoms with E-state index in [2.05, 4.69) is 25.3 Å². The van der Waals surface area contributed by atoms with Crippen molar-refractivity contribution in [2.24, 2.45) is 4.99 Å². The Morgan fingerprint density at radius 1 is 1.35 bits per heavy atom. The van der Waals surface area contributed by atoms with Gasteiger partial charge in [-0.2, -0.15) is 4.98 Å². The molecule has 0 amide bonds. The largest absolute Gasteiger partial charge is 0.393 e. The van der Waals surface area contributed by atoms with Crippen LogP contribution < -0.4 is 5.32 Å². The summed E-state index contributed by atoms with van der Waals surface area (Å²) in [5, 5.41) is 17.6. The summed E-state index contributed by atoms with van der Waals surface area (Å²) in [5.41, 5.74) is 0.848. The summed E-state index contributed by atoms with van der Waals surface area (Å²) >= 11 is 5.89. The minimum atomic E-state index is -0.211. The molecule has 2 heterocycles. The molecule has 142 valence electrons. The van der Waals surface area contributed by atoms with Crippen molar-refractivity contribution >= 4 is 41.5 Å². The molecule has 0 bridgehead atoms. The van der Waals surface area contributed by atoms with Crippen LogP contribution in [0.2, 0.25) is 5.02 Å². The van der Waals surface area contributed by atoms with Gasteiger partial charge in [0.25, 0.3) is 0 Å². The third kappa shape index (κ3) is 5.55. The van der Waals surface area contributed by atoms with Crippen molar-refractivity contribution in [3.8, 4) is 11.4 Å². The number of halogens is 2. The van der Waals surface area contributed by atoms with Gasteiger partial charge in [-0.25, -0.2) is 4.99 Å². The number of aromatic nitrogens is 2. The van der Waals surface area contributed by atoms with Crippen molar-refractivity contribution in [1.29, 1.82) is 0 Å². The fraction of sp³-hybridized carbons (Fsp3) is 0.471. The van der Waals surface area contributed by atoms with Crippen LogP contribution in [0.25, 0.3) is 11.4 Å². The van der Waals surface area contributed by atoms with Gasteiger partial charge in [0.15, 0.2) is 5.96 Å². The van der Waals surface area contributed by atoms with Crippen molar-refractivity contribution < 1.29 is 9.63 Å². The summed E-state index contributed by atoms with van der Waals surface area (Å²) in [6.07, 6.45) is 1.30. The molecule has 7 nitrogen and oxygen atoms in total. The summed E-state index contributed by atoms with van der Waals surface area (Å²) in [6.45, 7) is 4.68. The maximum Gasteiger partial charge on any atom is 0.248 e. The van der Waals surface area contributed by atoms with Gasteiger partial charge in [-0.05, 0) is 44.0 Å². The maximum atomic E-state index is 9.65. The van der Waals surface area contributed by atoms with Crippen LogP contribution in [0.3, 0.4) is 0 Å². The number of hydrogen-bond acceptors (Lipinski definition) is 5. The maximum absolute atomic E-state index is 9.65. The Morgan fingerprint density at radius 3 is 2.69 bits per heavy atom. The predicted molar refractivity (Wildman–Crippen MR) is 112 cm³/mol. The van der Waals surface area contributed by atoms with E-state index in [1.165, 1.54) is 0 Å². The number of nitrogens with one attached hydrogen (secondary N) is 1. The first-order valence-electron chi connectivity index (χ1n) is 8.45. The standard InChI is InChI=1S/C17H22ClN5O2.HI/c1-2-19-17(23-9-7-14(24)8-10-23)20-11-15-21-16(22-25-15)12-3-5-13(18)6-4-12;/h3-6,14,24H,2,7-11H2,1H3,(H,19,20);1H. The number of rotatable bonds is 4. The van der Waals surface area contributed by atoms with Crippen LogP contribution in [0, 0.1) is 0 Å². The first kappa shape index (κ1) is 20.9. The minimum absolute atomic E-state index is 0. The van der Waals surface area contributed by atoms with E-state index < -0.39 is 0 Å². The first-order chi connectivity index (χ1) is 12.2. The fourth-order valence-electron chi connectivity index (χ4n) is 2.68. The molecule has 1 aliphatic heterocycles. The quantitative estimate of drug-likeness (QED) is 0.389. The lowest BCUT2D eigenvalue weighted by molar-refractivity contribution is 0.108. The second-order valence-electron chi connectivity index (χ2n) is 5.91. The van der Waals surface area contributed by atoms with E-state index >= 15 is 0 Å². The molecule has 0 spiro atoms. The molecule has 0 aliphatic carbocycles. The van der Waals surface area contributed by atoms with E-state index in [4.69, 9.17) is 16.1 Å². The van der Waals surface area contributed by atoms with Gasteiger partial charge in [-0.1, -0.05) is 16.8 Å². The highest BCUT2D eigenvalue weighted by molar-refractivity contribution is 14.0. The van der Waals surface area contributed by atoms with E-state index in [0.29, 0.717) is 23.3 Å². The number of aliphatic hydroxyl groups is 1. The Balaban J connectivity index is 0.00000243. The number of likely N-dealkylation sites (tertiary alicyclic amines) is 1. The van der Waals surface area contributed by atoms with Gasteiger partial charge >= 0.3 is 0 Å². The second kappa shape index (κ2) is 10.1. The molecule has 2 N–H and O–H groups in total. The van der Waals surface area contributed by atoms with E-state index in [1.54, 1.807) is 12.1 Å². The third-order valence-corrected chi connectivity index (χ3v) is 4.29. The number of hydrogen-bond donors (Lipinski definition) is 2. The van der Waals surface area contributed by atoms with E-state index in [0.717, 1.165) is 44.0 Å². The van der Waals surface area contributed by atoms with Crippen molar-refractivity contribution in [2.75, 3.05) is 19.6 Å². The summed E-state index contributed by atoms with van der Waals surface area (Å²) in [4.78, 5) is 11.1. The number of nitrogens with zero attached hydrogens (tertiary/aromatic N) is 4. The smallest absolute Gasteiger partial charge is 0.248 e. The summed E-state index contributed by atoms with van der Waals surface area (Å²) in [7, 11) is 0. The second-order valence-corrected chi connectivity index (χ2v) is 6.34. The van der Waals surface area contributed by atoms with Crippen molar-refractivity contribution in [3.63, 3.8) is 0 Å². The van der Waals surface area contributed by atoms with Crippen LogP contribution in [0.4, 0.5) is 0 Å². The zero-order valence-electron chi connectivity index (χ0n) is 14.6. The molecular weight excluding hydrogens is 469 g/mol. The Bertz CT molecular complexity index is 714. The lowest BCUT2D eigenvalue weighted by Gasteiger charge is -2.32. The number of guanidine groups is 1. The first-order valence-corrected chi connectivity index (χ1v) is 8.83. The molecule has 0 unspecified atom stereocenters. The van der Waals surface area contributed by atoms with Gasteiger partial charge in [-0.15, -0.1) is 24.0 Å². The van der Waals surface area contributed by atoms with Crippen molar-refractivity contribution in [2.45, 2.75) is 32.4 Å². The number of aliphatic imine (C=N–C) groups is 1. The highest BCUT2D eigenvalue weighted by Gasteiger charge is 2.19. The Morgan fingerprint density at radius 2 is 2.04 bits per heavy atom. The van der Waals surface area contributed by atoms with E-state index in [1.807, 2.05) is 19.1 Å². The lowest BCUT2D eigenvalue weighted by Crippen LogP contribution is -2.46. The van der Waals surface area contributed by atoms with Crippen molar-refractivity contribution in [1.82, 2.24) is 20.4 Å². The fourth-order valence-corrected chi connectivity index (χ4v) is 2.81. The molecule has 1 aromatic carbocycles. The van der Waals surface area contributed by atoms with Crippen LogP contribution in [-0.4, -0.2) is 51.8 Å². The zero-order chi connectivity index (χ0) is 17.6. The van der Waals surface area contributed by atoms with Crippen LogP contribution >= 0.6 is 35.6 Å². The number of piperidine rings is 1. The number of aliphatic hydroxyl groups excluding tert-OH is 1. The van der Waals surface area contributed by atoms with Gasteiger partial charge in [0.05, 0.1) is 6.10 Å².